The molecule has 0 rings (SSSR count). The van der Waals surface area contributed by atoms with E-state index in [1.807, 2.05) is 21.1 Å². The highest BCUT2D eigenvalue weighted by atomic mass is 31.2. The fourth-order valence-electron chi connectivity index (χ4n) is 5.34. The van der Waals surface area contributed by atoms with Crippen molar-refractivity contribution in [3.05, 3.63) is 0 Å². The van der Waals surface area contributed by atoms with Gasteiger partial charge in [-0.25, -0.2) is 4.89 Å². The molecule has 44 heavy (non-hydrogen) atoms. The fourth-order valence-corrected chi connectivity index (χ4v) is 6.24. The van der Waals surface area contributed by atoms with Crippen LogP contribution in [0.3, 0.4) is 0 Å². The number of quaternary nitrogens is 1. The summed E-state index contributed by atoms with van der Waals surface area (Å²) in [5, 5.41) is 18.5. The molecule has 0 amide bonds. The van der Waals surface area contributed by atoms with Crippen LogP contribution in [-0.4, -0.2) is 73.7 Å². The second-order valence-electron chi connectivity index (χ2n) is 13.6. The number of phosphoric ester groups is 1. The molecular weight excluding hydrogens is 581 g/mol. The molecule has 264 valence electrons. The number of nitrogens with zero attached hydrogens (tertiary/aromatic N) is 1. The van der Waals surface area contributed by atoms with Gasteiger partial charge in [-0.1, -0.05) is 148 Å². The molecule has 0 aromatic rings. The van der Waals surface area contributed by atoms with Crippen LogP contribution >= 0.6 is 7.82 Å². The van der Waals surface area contributed by atoms with Gasteiger partial charge in [0.15, 0.2) is 11.9 Å². The molecule has 0 aliphatic heterocycles. The first-order valence-corrected chi connectivity index (χ1v) is 19.4. The summed E-state index contributed by atoms with van der Waals surface area (Å²) >= 11 is 0. The summed E-state index contributed by atoms with van der Waals surface area (Å²) in [6.45, 7) is 1.80. The van der Waals surface area contributed by atoms with Crippen LogP contribution < -0.4 is 4.89 Å². The van der Waals surface area contributed by atoms with Crippen molar-refractivity contribution < 1.29 is 43.0 Å². The van der Waals surface area contributed by atoms with E-state index in [1.54, 1.807) is 0 Å². The lowest BCUT2D eigenvalue weighted by molar-refractivity contribution is -0.870. The third kappa shape index (κ3) is 27.9. The molecule has 0 spiro atoms. The molecule has 0 heterocycles. The number of carbonyl (C=O) groups excluding carboxylic acids is 1. The van der Waals surface area contributed by atoms with Crippen LogP contribution in [0.2, 0.25) is 0 Å². The Bertz CT molecular complexity index is 699. The molecule has 2 N–H and O–H groups in total. The van der Waals surface area contributed by atoms with E-state index in [1.165, 1.54) is 122 Å². The third-order valence-electron chi connectivity index (χ3n) is 8.25. The normalized spacial score (nSPS) is 14.9. The molecule has 0 aliphatic carbocycles. The standard InChI is InChI=1S/C34H70NO8P/c1-5-6-7-8-9-10-11-12-13-14-15-16-17-18-19-20-21-22-23-24-25-26-27-28-32(37)34(33(31-36)42-38)43-44(39,40)41-30-29-35(2,3)4/h33-34,36H,5-31H2,1-4H3,(H-,38,39,40)/t33-,34?/m0/s1. The second-order valence-corrected chi connectivity index (χ2v) is 15.0. The number of hydrogen-bond donors (Lipinski definition) is 2. The maximum atomic E-state index is 12.7. The van der Waals surface area contributed by atoms with Crippen LogP contribution in [0, 0.1) is 0 Å². The highest BCUT2D eigenvalue weighted by Gasteiger charge is 2.33. The number of Topliss-reactive ketones (excluding diaryl/α,β-unsaturated/α-hetero) is 1. The van der Waals surface area contributed by atoms with Gasteiger partial charge in [0, 0.05) is 6.42 Å². The monoisotopic (exact) mass is 651 g/mol. The number of aliphatic hydroxyl groups is 1. The number of likely N-dealkylation sites (N-methyl/N-ethyl adjacent to an activating group) is 1. The average molecular weight is 652 g/mol. The van der Waals surface area contributed by atoms with Crippen LogP contribution in [0.5, 0.6) is 0 Å². The SMILES string of the molecule is CCCCCCCCCCCCCCCCCCCCCCCCCC(=O)C(OP(=O)([O-])OCC[N+](C)(C)C)[C@H](CO)OO. The number of aliphatic hydroxyl groups excluding tert-OH is 1. The fraction of sp³-hybridized carbons (Fsp3) is 0.971. The Labute approximate surface area is 270 Å². The lowest BCUT2D eigenvalue weighted by atomic mass is 10.0. The summed E-state index contributed by atoms with van der Waals surface area (Å²) in [5.41, 5.74) is 0. The maximum Gasteiger partial charge on any atom is 0.268 e. The number of unbranched alkanes of at least 4 members (excludes halogenated alkanes) is 22. The van der Waals surface area contributed by atoms with Crippen molar-refractivity contribution >= 4 is 13.6 Å². The van der Waals surface area contributed by atoms with E-state index in [0.29, 0.717) is 17.4 Å². The lowest BCUT2D eigenvalue weighted by Gasteiger charge is -2.31. The smallest absolute Gasteiger partial charge is 0.268 e. The van der Waals surface area contributed by atoms with Crippen LogP contribution in [0.25, 0.3) is 0 Å². The second kappa shape index (κ2) is 28.8. The van der Waals surface area contributed by atoms with Gasteiger partial charge < -0.3 is 23.5 Å². The molecule has 0 bridgehead atoms. The number of carbonyl (C=O) groups is 1. The Balaban J connectivity index is 3.78. The van der Waals surface area contributed by atoms with Crippen molar-refractivity contribution in [2.24, 2.45) is 0 Å². The molecule has 0 fully saturated rings. The summed E-state index contributed by atoms with van der Waals surface area (Å²) in [4.78, 5) is 29.1. The van der Waals surface area contributed by atoms with Crippen molar-refractivity contribution in [1.82, 2.24) is 0 Å². The summed E-state index contributed by atoms with van der Waals surface area (Å²) in [6.07, 6.45) is 26.5. The van der Waals surface area contributed by atoms with Gasteiger partial charge in [0.25, 0.3) is 7.82 Å². The first kappa shape index (κ1) is 43.6. The van der Waals surface area contributed by atoms with Gasteiger partial charge in [0.1, 0.15) is 19.3 Å². The van der Waals surface area contributed by atoms with Gasteiger partial charge in [0.05, 0.1) is 27.7 Å². The third-order valence-corrected chi connectivity index (χ3v) is 9.24. The van der Waals surface area contributed by atoms with Crippen molar-refractivity contribution in [2.75, 3.05) is 40.9 Å². The van der Waals surface area contributed by atoms with E-state index in [-0.39, 0.29) is 13.0 Å². The molecule has 0 saturated carbocycles. The predicted octanol–water partition coefficient (Wildman–Crippen LogP) is 8.36. The van der Waals surface area contributed by atoms with Crippen molar-refractivity contribution in [3.8, 4) is 0 Å². The lowest BCUT2D eigenvalue weighted by Crippen LogP contribution is -2.41. The van der Waals surface area contributed by atoms with Crippen LogP contribution in [0.15, 0.2) is 0 Å². The Hall–Kier alpha value is -0.380. The quantitative estimate of drug-likeness (QED) is 0.0234. The molecule has 0 saturated heterocycles. The average Bonchev–Trinajstić information content (AvgIpc) is 2.96. The number of hydrogen-bond acceptors (Lipinski definition) is 8. The highest BCUT2D eigenvalue weighted by molar-refractivity contribution is 7.45. The van der Waals surface area contributed by atoms with Crippen molar-refractivity contribution in [2.45, 2.75) is 173 Å². The minimum atomic E-state index is -4.83. The largest absolute Gasteiger partial charge is 0.756 e. The molecule has 0 radical (unpaired) electrons. The predicted molar refractivity (Wildman–Crippen MR) is 177 cm³/mol. The molecule has 9 nitrogen and oxygen atoms in total. The Morgan fingerprint density at radius 2 is 1.07 bits per heavy atom. The summed E-state index contributed by atoms with van der Waals surface area (Å²) in [7, 11) is 0.819. The van der Waals surface area contributed by atoms with Gasteiger partial charge >= 0.3 is 0 Å². The minimum absolute atomic E-state index is 0.0720. The zero-order chi connectivity index (χ0) is 32.9. The maximum absolute atomic E-state index is 12.7. The van der Waals surface area contributed by atoms with Crippen LogP contribution in [0.4, 0.5) is 0 Å². The topological polar surface area (TPSA) is 125 Å². The van der Waals surface area contributed by atoms with Crippen LogP contribution in [-0.2, 0) is 23.3 Å². The van der Waals surface area contributed by atoms with E-state index >= 15 is 0 Å². The summed E-state index contributed by atoms with van der Waals surface area (Å²) < 4.78 is 22.5. The van der Waals surface area contributed by atoms with Gasteiger partial charge in [-0.2, -0.15) is 0 Å². The number of phosphoric acid groups is 1. The van der Waals surface area contributed by atoms with Crippen molar-refractivity contribution in [1.29, 1.82) is 0 Å². The first-order valence-electron chi connectivity index (χ1n) is 17.9. The number of rotatable bonds is 34. The zero-order valence-electron chi connectivity index (χ0n) is 29.0. The molecule has 0 aromatic carbocycles. The van der Waals surface area contributed by atoms with E-state index in [4.69, 9.17) is 14.3 Å². The Kier molecular flexibility index (Phi) is 28.6. The molecule has 0 aliphatic rings. The van der Waals surface area contributed by atoms with Gasteiger partial charge in [-0.3, -0.25) is 14.6 Å². The molecule has 10 heteroatoms. The summed E-state index contributed by atoms with van der Waals surface area (Å²) in [5.74, 6) is -0.548. The number of ketones is 1. The molecule has 0 aromatic heterocycles. The zero-order valence-corrected chi connectivity index (χ0v) is 29.9. The Morgan fingerprint density at radius 1 is 0.705 bits per heavy atom. The molecule has 3 atom stereocenters. The van der Waals surface area contributed by atoms with E-state index in [2.05, 4.69) is 11.8 Å². The van der Waals surface area contributed by atoms with Gasteiger partial charge in [-0.15, -0.1) is 0 Å². The highest BCUT2D eigenvalue weighted by Crippen LogP contribution is 2.41. The molecular formula is C34H70NO8P. The van der Waals surface area contributed by atoms with Gasteiger partial charge in [0.2, 0.25) is 0 Å². The van der Waals surface area contributed by atoms with Crippen LogP contribution in [0.1, 0.15) is 161 Å². The Morgan fingerprint density at radius 3 is 1.39 bits per heavy atom. The minimum Gasteiger partial charge on any atom is -0.756 e. The van der Waals surface area contributed by atoms with Crippen molar-refractivity contribution in [3.63, 3.8) is 0 Å². The first-order chi connectivity index (χ1) is 21.1. The molecule has 2 unspecified atom stereocenters. The summed E-state index contributed by atoms with van der Waals surface area (Å²) in [6, 6.07) is 0. The van der Waals surface area contributed by atoms with Gasteiger partial charge in [-0.05, 0) is 6.42 Å². The van der Waals surface area contributed by atoms with E-state index in [0.717, 1.165) is 19.3 Å². The van der Waals surface area contributed by atoms with E-state index in [9.17, 15) is 19.4 Å². The van der Waals surface area contributed by atoms with E-state index < -0.39 is 32.4 Å².